The largest absolute Gasteiger partial charge is 0.464 e. The number of rotatable bonds is 13. The van der Waals surface area contributed by atoms with Crippen molar-refractivity contribution in [2.75, 3.05) is 41.0 Å². The molecular weight excluding hydrogens is 388 g/mol. The second-order valence-electron chi connectivity index (χ2n) is 8.75. The molecule has 0 aliphatic heterocycles. The summed E-state index contributed by atoms with van der Waals surface area (Å²) in [6, 6.07) is -1.49. The maximum Gasteiger partial charge on any atom is 0.410 e. The number of methoxy groups -OCH3 is 1. The highest BCUT2D eigenvalue weighted by Gasteiger charge is 2.38. The number of carbonyl (C=O) groups excluding carboxylic acids is 3. The minimum atomic E-state index is -0.764. The Hall–Kier alpha value is -1.83. The quantitative estimate of drug-likeness (QED) is 0.329. The van der Waals surface area contributed by atoms with Crippen LogP contribution in [0.4, 0.5) is 4.79 Å². The van der Waals surface area contributed by atoms with E-state index >= 15 is 0 Å². The molecule has 2 unspecified atom stereocenters. The van der Waals surface area contributed by atoms with Gasteiger partial charge >= 0.3 is 12.1 Å². The van der Waals surface area contributed by atoms with E-state index in [0.29, 0.717) is 12.5 Å². The maximum absolute atomic E-state index is 13.3. The van der Waals surface area contributed by atoms with Gasteiger partial charge in [-0.3, -0.25) is 9.69 Å². The molecule has 0 saturated heterocycles. The Morgan fingerprint density at radius 1 is 0.767 bits per heavy atom. The zero-order valence-electron chi connectivity index (χ0n) is 20.3. The van der Waals surface area contributed by atoms with E-state index in [2.05, 4.69) is 13.8 Å². The van der Waals surface area contributed by atoms with E-state index in [4.69, 9.17) is 14.2 Å². The van der Waals surface area contributed by atoms with Gasteiger partial charge in [-0.1, -0.05) is 41.5 Å². The van der Waals surface area contributed by atoms with Gasteiger partial charge in [0.1, 0.15) is 18.7 Å². The monoisotopic (exact) mass is 430 g/mol. The van der Waals surface area contributed by atoms with Crippen molar-refractivity contribution in [2.24, 2.45) is 17.8 Å². The number of nitrogens with zero attached hydrogens (tertiary/aromatic N) is 2. The number of hydrogen-bond donors (Lipinski definition) is 0. The van der Waals surface area contributed by atoms with Crippen LogP contribution < -0.4 is 0 Å². The molecule has 0 aromatic rings. The van der Waals surface area contributed by atoms with Crippen molar-refractivity contribution in [3.8, 4) is 0 Å². The Morgan fingerprint density at radius 3 is 1.80 bits per heavy atom. The summed E-state index contributed by atoms with van der Waals surface area (Å²) in [5.41, 5.74) is 0. The SMILES string of the molecule is COCCOC(=O)N(C)C(C(=O)N(C)C(C(=O)OCCCC(C)C)C(C)C)C(C)C. The minimum absolute atomic E-state index is 0.103. The summed E-state index contributed by atoms with van der Waals surface area (Å²) in [6.07, 6.45) is 1.15. The molecule has 0 aliphatic rings. The molecular formula is C22H42N2O6. The molecule has 0 rings (SSSR count). The minimum Gasteiger partial charge on any atom is -0.464 e. The standard InChI is InChI=1S/C22H42N2O6/c1-15(2)11-10-12-29-21(26)19(17(5)6)23(7)20(25)18(16(3)4)24(8)22(27)30-14-13-28-9/h15-19H,10-14H2,1-9H3. The predicted molar refractivity (Wildman–Crippen MR) is 116 cm³/mol. The lowest BCUT2D eigenvalue weighted by atomic mass is 9.98. The van der Waals surface area contributed by atoms with Crippen molar-refractivity contribution >= 4 is 18.0 Å². The first kappa shape index (κ1) is 28.2. The molecule has 0 bridgehead atoms. The predicted octanol–water partition coefficient (Wildman–Crippen LogP) is 3.19. The molecule has 2 amide bonds. The molecule has 30 heavy (non-hydrogen) atoms. The van der Waals surface area contributed by atoms with Gasteiger partial charge in [-0.15, -0.1) is 0 Å². The molecule has 0 saturated carbocycles. The van der Waals surface area contributed by atoms with Gasteiger partial charge in [0, 0.05) is 21.2 Å². The van der Waals surface area contributed by atoms with Gasteiger partial charge in [0.2, 0.25) is 5.91 Å². The average Bonchev–Trinajstić information content (AvgIpc) is 2.64. The van der Waals surface area contributed by atoms with E-state index in [0.717, 1.165) is 12.8 Å². The molecule has 8 heteroatoms. The maximum atomic E-state index is 13.3. The lowest BCUT2D eigenvalue weighted by Gasteiger charge is -2.36. The van der Waals surface area contributed by atoms with Crippen LogP contribution in [0.5, 0.6) is 0 Å². The molecule has 0 aliphatic carbocycles. The number of amides is 2. The summed E-state index contributed by atoms with van der Waals surface area (Å²) in [5.74, 6) is -0.510. The Balaban J connectivity index is 5.25. The third-order valence-electron chi connectivity index (χ3n) is 4.91. The Labute approximate surface area is 182 Å². The second kappa shape index (κ2) is 14.2. The Morgan fingerprint density at radius 2 is 1.33 bits per heavy atom. The number of carbonyl (C=O) groups is 3. The third kappa shape index (κ3) is 9.32. The highest BCUT2D eigenvalue weighted by Crippen LogP contribution is 2.19. The Bertz CT molecular complexity index is 536. The first-order chi connectivity index (χ1) is 13.9. The summed E-state index contributed by atoms with van der Waals surface area (Å²) >= 11 is 0. The summed E-state index contributed by atoms with van der Waals surface area (Å²) in [6.45, 7) is 12.4. The summed E-state index contributed by atoms with van der Waals surface area (Å²) < 4.78 is 15.5. The van der Waals surface area contributed by atoms with E-state index < -0.39 is 24.1 Å². The number of esters is 1. The molecule has 0 radical (unpaired) electrons. The number of hydrogen-bond acceptors (Lipinski definition) is 6. The molecule has 0 heterocycles. The zero-order valence-corrected chi connectivity index (χ0v) is 20.3. The second-order valence-corrected chi connectivity index (χ2v) is 8.75. The van der Waals surface area contributed by atoms with E-state index in [9.17, 15) is 14.4 Å². The Kier molecular flexibility index (Phi) is 13.4. The molecule has 0 fully saturated rings. The van der Waals surface area contributed by atoms with E-state index in [1.54, 1.807) is 7.05 Å². The fourth-order valence-corrected chi connectivity index (χ4v) is 3.30. The lowest BCUT2D eigenvalue weighted by Crippen LogP contribution is -2.56. The van der Waals surface area contributed by atoms with Crippen molar-refractivity contribution in [1.82, 2.24) is 9.80 Å². The molecule has 0 aromatic heterocycles. The highest BCUT2D eigenvalue weighted by atomic mass is 16.6. The van der Waals surface area contributed by atoms with Crippen LogP contribution in [0, 0.1) is 17.8 Å². The summed E-state index contributed by atoms with van der Waals surface area (Å²) in [7, 11) is 4.63. The van der Waals surface area contributed by atoms with Crippen molar-refractivity contribution in [3.05, 3.63) is 0 Å². The van der Waals surface area contributed by atoms with Crippen molar-refractivity contribution in [2.45, 2.75) is 66.5 Å². The summed E-state index contributed by atoms with van der Waals surface area (Å²) in [5, 5.41) is 0. The summed E-state index contributed by atoms with van der Waals surface area (Å²) in [4.78, 5) is 41.0. The first-order valence-electron chi connectivity index (χ1n) is 10.8. The van der Waals surface area contributed by atoms with Crippen molar-refractivity contribution < 1.29 is 28.6 Å². The van der Waals surface area contributed by atoms with Gasteiger partial charge in [-0.25, -0.2) is 9.59 Å². The molecule has 176 valence electrons. The van der Waals surface area contributed by atoms with Crippen LogP contribution in [-0.2, 0) is 23.8 Å². The van der Waals surface area contributed by atoms with Crippen LogP contribution in [0.25, 0.3) is 0 Å². The van der Waals surface area contributed by atoms with Crippen LogP contribution in [0.2, 0.25) is 0 Å². The number of likely N-dealkylation sites (N-methyl/N-ethyl adjacent to an activating group) is 2. The fraction of sp³-hybridized carbons (Fsp3) is 0.864. The third-order valence-corrected chi connectivity index (χ3v) is 4.91. The van der Waals surface area contributed by atoms with Crippen molar-refractivity contribution in [3.63, 3.8) is 0 Å². The fourth-order valence-electron chi connectivity index (χ4n) is 3.30. The highest BCUT2D eigenvalue weighted by molar-refractivity contribution is 5.89. The van der Waals surface area contributed by atoms with E-state index in [-0.39, 0.29) is 31.0 Å². The van der Waals surface area contributed by atoms with Gasteiger partial charge in [-0.05, 0) is 30.6 Å². The average molecular weight is 431 g/mol. The van der Waals surface area contributed by atoms with Gasteiger partial charge in [0.05, 0.1) is 13.2 Å². The van der Waals surface area contributed by atoms with Crippen LogP contribution in [0.1, 0.15) is 54.4 Å². The smallest absolute Gasteiger partial charge is 0.410 e. The van der Waals surface area contributed by atoms with Crippen LogP contribution >= 0.6 is 0 Å². The number of ether oxygens (including phenoxy) is 3. The first-order valence-corrected chi connectivity index (χ1v) is 10.8. The van der Waals surface area contributed by atoms with Gasteiger partial charge in [-0.2, -0.15) is 0 Å². The molecule has 8 nitrogen and oxygen atoms in total. The van der Waals surface area contributed by atoms with Crippen molar-refractivity contribution in [1.29, 1.82) is 0 Å². The van der Waals surface area contributed by atoms with Gasteiger partial charge in [0.25, 0.3) is 0 Å². The molecule has 0 N–H and O–H groups in total. The lowest BCUT2D eigenvalue weighted by molar-refractivity contribution is -0.158. The zero-order chi connectivity index (χ0) is 23.4. The molecule has 2 atom stereocenters. The normalized spacial score (nSPS) is 13.3. The van der Waals surface area contributed by atoms with Crippen LogP contribution in [-0.4, -0.2) is 80.9 Å². The van der Waals surface area contributed by atoms with Gasteiger partial charge < -0.3 is 19.1 Å². The molecule has 0 spiro atoms. The van der Waals surface area contributed by atoms with E-state index in [1.165, 1.54) is 24.0 Å². The molecule has 0 aromatic carbocycles. The van der Waals surface area contributed by atoms with Crippen LogP contribution in [0.3, 0.4) is 0 Å². The van der Waals surface area contributed by atoms with Gasteiger partial charge in [0.15, 0.2) is 0 Å². The topological polar surface area (TPSA) is 85.4 Å². The van der Waals surface area contributed by atoms with Crippen LogP contribution in [0.15, 0.2) is 0 Å². The van der Waals surface area contributed by atoms with E-state index in [1.807, 2.05) is 27.7 Å².